The molecule has 0 spiro atoms. The van der Waals surface area contributed by atoms with Crippen LogP contribution in [0.5, 0.6) is 17.2 Å². The monoisotopic (exact) mass is 371 g/mol. The van der Waals surface area contributed by atoms with Crippen molar-refractivity contribution >= 4 is 0 Å². The summed E-state index contributed by atoms with van der Waals surface area (Å²) in [6.45, 7) is 4.89. The molecule has 1 fully saturated rings. The molecule has 4 rings (SSSR count). The third-order valence-corrected chi connectivity index (χ3v) is 5.24. The predicted octanol–water partition coefficient (Wildman–Crippen LogP) is 2.45. The number of likely N-dealkylation sites (tertiary alicyclic amines) is 1. The Hall–Kier alpha value is -2.54. The highest BCUT2D eigenvalue weighted by atomic mass is 16.7. The van der Waals surface area contributed by atoms with Gasteiger partial charge in [0.15, 0.2) is 11.5 Å². The van der Waals surface area contributed by atoms with E-state index in [9.17, 15) is 4.79 Å². The van der Waals surface area contributed by atoms with Crippen LogP contribution in [0, 0.1) is 0 Å². The number of hydrogen-bond acceptors (Lipinski definition) is 6. The highest BCUT2D eigenvalue weighted by Crippen LogP contribution is 2.39. The van der Waals surface area contributed by atoms with Crippen LogP contribution >= 0.6 is 0 Å². The minimum absolute atomic E-state index is 0.0635. The summed E-state index contributed by atoms with van der Waals surface area (Å²) in [5.41, 5.74) is 1.86. The third-order valence-electron chi connectivity index (χ3n) is 5.24. The maximum Gasteiger partial charge on any atom is 0.251 e. The molecule has 1 N–H and O–H groups in total. The molecule has 1 aromatic heterocycles. The second kappa shape index (κ2) is 7.60. The Bertz CT molecular complexity index is 880. The molecule has 7 heteroatoms. The number of ether oxygens (including phenoxy) is 3. The van der Waals surface area contributed by atoms with Crippen LogP contribution in [-0.2, 0) is 13.0 Å². The van der Waals surface area contributed by atoms with Crippen LogP contribution < -0.4 is 19.8 Å². The third kappa shape index (κ3) is 3.78. The van der Waals surface area contributed by atoms with Gasteiger partial charge in [-0.25, -0.2) is 4.98 Å². The molecule has 7 nitrogen and oxygen atoms in total. The summed E-state index contributed by atoms with van der Waals surface area (Å²) in [4.78, 5) is 21.9. The molecule has 0 radical (unpaired) electrons. The van der Waals surface area contributed by atoms with Gasteiger partial charge in [-0.2, -0.15) is 0 Å². The van der Waals surface area contributed by atoms with Gasteiger partial charge < -0.3 is 19.2 Å². The number of aryl methyl sites for hydroxylation is 1. The molecule has 0 bridgehead atoms. The van der Waals surface area contributed by atoms with Crippen molar-refractivity contribution in [3.63, 3.8) is 0 Å². The number of H-pyrrole nitrogens is 1. The lowest BCUT2D eigenvalue weighted by molar-refractivity contribution is 0.173. The number of aromatic amines is 1. The molecular formula is C20H25N3O4. The second-order valence-electron chi connectivity index (χ2n) is 7.07. The summed E-state index contributed by atoms with van der Waals surface area (Å²) in [7, 11) is 1.67. The molecule has 0 unspecified atom stereocenters. The zero-order valence-corrected chi connectivity index (χ0v) is 15.8. The Morgan fingerprint density at radius 2 is 2.11 bits per heavy atom. The standard InChI is InChI=1S/C20H25N3O4/c1-3-15-8-19(24)22-20(21-15)13-5-4-6-23(10-13)11-14-7-17-18(27-12-26-17)9-16(14)25-2/h7-9,13H,3-6,10-12H2,1-2H3,(H,21,22,24)/t13-/m0/s1. The van der Waals surface area contributed by atoms with E-state index in [-0.39, 0.29) is 18.3 Å². The summed E-state index contributed by atoms with van der Waals surface area (Å²) >= 11 is 0. The SMILES string of the molecule is CCc1cc(=O)[nH]c([C@H]2CCCN(Cc3cc4c(cc3OC)OCO4)C2)n1. The van der Waals surface area contributed by atoms with E-state index in [0.717, 1.165) is 73.2 Å². The van der Waals surface area contributed by atoms with Crippen LogP contribution in [0.4, 0.5) is 0 Å². The molecule has 1 saturated heterocycles. The van der Waals surface area contributed by atoms with Crippen LogP contribution in [-0.4, -0.2) is 41.9 Å². The number of aromatic nitrogens is 2. The zero-order chi connectivity index (χ0) is 18.8. The van der Waals surface area contributed by atoms with E-state index in [4.69, 9.17) is 14.2 Å². The van der Waals surface area contributed by atoms with Crippen LogP contribution in [0.15, 0.2) is 23.0 Å². The van der Waals surface area contributed by atoms with Gasteiger partial charge in [-0.3, -0.25) is 9.69 Å². The number of nitrogens with one attached hydrogen (secondary N) is 1. The number of nitrogens with zero attached hydrogens (tertiary/aromatic N) is 2. The first-order valence-corrected chi connectivity index (χ1v) is 9.45. The van der Waals surface area contributed by atoms with Gasteiger partial charge in [0.2, 0.25) is 6.79 Å². The van der Waals surface area contributed by atoms with Crippen LogP contribution in [0.1, 0.15) is 42.8 Å². The van der Waals surface area contributed by atoms with Crippen molar-refractivity contribution in [2.24, 2.45) is 0 Å². The van der Waals surface area contributed by atoms with Crippen LogP contribution in [0.25, 0.3) is 0 Å². The van der Waals surface area contributed by atoms with Crippen molar-refractivity contribution < 1.29 is 14.2 Å². The minimum atomic E-state index is -0.0635. The average molecular weight is 371 g/mol. The average Bonchev–Trinajstić information content (AvgIpc) is 3.14. The molecule has 0 aliphatic carbocycles. The predicted molar refractivity (Wildman–Crippen MR) is 101 cm³/mol. The second-order valence-corrected chi connectivity index (χ2v) is 7.07. The molecule has 2 aliphatic rings. The largest absolute Gasteiger partial charge is 0.496 e. The number of hydrogen-bond donors (Lipinski definition) is 1. The van der Waals surface area contributed by atoms with E-state index in [2.05, 4.69) is 14.9 Å². The smallest absolute Gasteiger partial charge is 0.251 e. The summed E-state index contributed by atoms with van der Waals surface area (Å²) < 4.78 is 16.5. The van der Waals surface area contributed by atoms with Crippen molar-refractivity contribution in [3.05, 3.63) is 45.6 Å². The van der Waals surface area contributed by atoms with Gasteiger partial charge in [0.1, 0.15) is 11.6 Å². The van der Waals surface area contributed by atoms with Gasteiger partial charge in [0, 0.05) is 42.4 Å². The first-order chi connectivity index (χ1) is 13.2. The number of fused-ring (bicyclic) bond motifs is 1. The van der Waals surface area contributed by atoms with Crippen LogP contribution in [0.2, 0.25) is 0 Å². The highest BCUT2D eigenvalue weighted by Gasteiger charge is 2.25. The van der Waals surface area contributed by atoms with E-state index in [1.54, 1.807) is 13.2 Å². The van der Waals surface area contributed by atoms with E-state index in [0.29, 0.717) is 0 Å². The lowest BCUT2D eigenvalue weighted by Gasteiger charge is -2.32. The van der Waals surface area contributed by atoms with Gasteiger partial charge in [-0.05, 0) is 31.9 Å². The van der Waals surface area contributed by atoms with Gasteiger partial charge in [0.25, 0.3) is 5.56 Å². The Kier molecular flexibility index (Phi) is 5.03. The van der Waals surface area contributed by atoms with E-state index < -0.39 is 0 Å². The highest BCUT2D eigenvalue weighted by molar-refractivity contribution is 5.51. The van der Waals surface area contributed by atoms with Crippen LogP contribution in [0.3, 0.4) is 0 Å². The van der Waals surface area contributed by atoms with Crippen molar-refractivity contribution in [2.45, 2.75) is 38.6 Å². The lowest BCUT2D eigenvalue weighted by atomic mass is 9.96. The Morgan fingerprint density at radius 1 is 1.30 bits per heavy atom. The normalized spacial score (nSPS) is 19.3. The minimum Gasteiger partial charge on any atom is -0.496 e. The summed E-state index contributed by atoms with van der Waals surface area (Å²) in [6.07, 6.45) is 2.87. The zero-order valence-electron chi connectivity index (χ0n) is 15.8. The Balaban J connectivity index is 1.53. The van der Waals surface area contributed by atoms with Crippen molar-refractivity contribution in [3.8, 4) is 17.2 Å². The quantitative estimate of drug-likeness (QED) is 0.870. The lowest BCUT2D eigenvalue weighted by Crippen LogP contribution is -2.35. The van der Waals surface area contributed by atoms with Crippen molar-refractivity contribution in [2.75, 3.05) is 27.0 Å². The fourth-order valence-corrected chi connectivity index (χ4v) is 3.85. The molecule has 1 aromatic carbocycles. The van der Waals surface area contributed by atoms with E-state index in [1.807, 2.05) is 19.1 Å². The summed E-state index contributed by atoms with van der Waals surface area (Å²) in [6, 6.07) is 5.48. The van der Waals surface area contributed by atoms with Crippen molar-refractivity contribution in [1.29, 1.82) is 0 Å². The molecule has 2 aromatic rings. The molecule has 27 heavy (non-hydrogen) atoms. The number of rotatable bonds is 5. The molecule has 144 valence electrons. The fraction of sp³-hybridized carbons (Fsp3) is 0.500. The Labute approximate surface area is 158 Å². The molecule has 0 saturated carbocycles. The van der Waals surface area contributed by atoms with Gasteiger partial charge in [-0.15, -0.1) is 0 Å². The molecule has 1 atom stereocenters. The number of benzene rings is 1. The topological polar surface area (TPSA) is 76.7 Å². The van der Waals surface area contributed by atoms with Gasteiger partial charge in [-0.1, -0.05) is 6.92 Å². The number of methoxy groups -OCH3 is 1. The van der Waals surface area contributed by atoms with Gasteiger partial charge in [0.05, 0.1) is 7.11 Å². The van der Waals surface area contributed by atoms with E-state index in [1.165, 1.54) is 0 Å². The molecule has 3 heterocycles. The maximum absolute atomic E-state index is 11.9. The van der Waals surface area contributed by atoms with E-state index >= 15 is 0 Å². The molecular weight excluding hydrogens is 346 g/mol. The number of piperidine rings is 1. The first kappa shape index (κ1) is 17.9. The Morgan fingerprint density at radius 3 is 2.89 bits per heavy atom. The summed E-state index contributed by atoms with van der Waals surface area (Å²) in [5, 5.41) is 0. The van der Waals surface area contributed by atoms with Gasteiger partial charge >= 0.3 is 0 Å². The molecule has 0 amide bonds. The molecule has 2 aliphatic heterocycles. The first-order valence-electron chi connectivity index (χ1n) is 9.45. The maximum atomic E-state index is 11.9. The fourth-order valence-electron chi connectivity index (χ4n) is 3.85. The van der Waals surface area contributed by atoms with Crippen molar-refractivity contribution in [1.82, 2.24) is 14.9 Å². The summed E-state index contributed by atoms with van der Waals surface area (Å²) in [5.74, 6) is 3.34.